The molecule has 6 nitrogen and oxygen atoms in total. The Bertz CT molecular complexity index is 848. The molecule has 1 fully saturated rings. The van der Waals surface area contributed by atoms with Gasteiger partial charge in [0.15, 0.2) is 5.92 Å². The van der Waals surface area contributed by atoms with E-state index >= 15 is 0 Å². The molecule has 2 atom stereocenters. The highest BCUT2D eigenvalue weighted by atomic mass is 19.1. The van der Waals surface area contributed by atoms with Crippen molar-refractivity contribution in [3.63, 3.8) is 0 Å². The molecule has 1 heterocycles. The summed E-state index contributed by atoms with van der Waals surface area (Å²) >= 11 is 0. The Kier molecular flexibility index (Phi) is 8.31. The third kappa shape index (κ3) is 6.62. The molecule has 1 aliphatic rings. The number of hydrogen-bond donors (Lipinski definition) is 2. The fraction of sp³-hybridized carbons (Fsp3) is 0.391. The Labute approximate surface area is 176 Å². The third-order valence-electron chi connectivity index (χ3n) is 5.09. The van der Waals surface area contributed by atoms with E-state index in [1.54, 1.807) is 12.1 Å². The molecule has 0 spiro atoms. The Morgan fingerprint density at radius 1 is 1.03 bits per heavy atom. The second-order valence-electron chi connectivity index (χ2n) is 7.34. The lowest BCUT2D eigenvalue weighted by molar-refractivity contribution is -0.0317. The minimum absolute atomic E-state index is 0.0572. The van der Waals surface area contributed by atoms with Crippen LogP contribution in [0.5, 0.6) is 0 Å². The number of nitriles is 2. The fourth-order valence-electron chi connectivity index (χ4n) is 3.46. The smallest absolute Gasteiger partial charge is 0.161 e. The molecule has 2 aromatic rings. The predicted octanol–water partition coefficient (Wildman–Crippen LogP) is 2.40. The van der Waals surface area contributed by atoms with Crippen molar-refractivity contribution < 1.29 is 9.13 Å². The molecular weight excluding hydrogens is 381 g/mol. The van der Waals surface area contributed by atoms with E-state index in [9.17, 15) is 14.9 Å². The quantitative estimate of drug-likeness (QED) is 0.621. The summed E-state index contributed by atoms with van der Waals surface area (Å²) in [5.74, 6) is -1.05. The molecule has 3 rings (SSSR count). The van der Waals surface area contributed by atoms with Crippen LogP contribution in [0, 0.1) is 34.4 Å². The van der Waals surface area contributed by atoms with E-state index < -0.39 is 12.1 Å². The van der Waals surface area contributed by atoms with Gasteiger partial charge in [-0.15, -0.1) is 0 Å². The van der Waals surface area contributed by atoms with Crippen molar-refractivity contribution in [2.24, 2.45) is 5.92 Å². The number of hydrogen-bond acceptors (Lipinski definition) is 6. The van der Waals surface area contributed by atoms with Crippen molar-refractivity contribution in [1.82, 2.24) is 15.5 Å². The van der Waals surface area contributed by atoms with Gasteiger partial charge in [0, 0.05) is 32.7 Å². The second-order valence-corrected chi connectivity index (χ2v) is 7.34. The molecule has 2 unspecified atom stereocenters. The zero-order chi connectivity index (χ0) is 21.2. The Hall–Kier alpha value is -2.81. The van der Waals surface area contributed by atoms with Crippen LogP contribution in [0.4, 0.5) is 4.39 Å². The minimum Gasteiger partial charge on any atom is -0.374 e. The summed E-state index contributed by atoms with van der Waals surface area (Å²) in [7, 11) is 0. The van der Waals surface area contributed by atoms with E-state index in [0.29, 0.717) is 19.7 Å². The van der Waals surface area contributed by atoms with Crippen molar-refractivity contribution in [3.05, 3.63) is 71.5 Å². The molecule has 2 N–H and O–H groups in total. The van der Waals surface area contributed by atoms with E-state index in [1.807, 2.05) is 30.3 Å². The number of nitrogens with one attached hydrogen (secondary N) is 2. The van der Waals surface area contributed by atoms with Crippen LogP contribution < -0.4 is 10.6 Å². The average Bonchev–Trinajstić information content (AvgIpc) is 2.78. The largest absolute Gasteiger partial charge is 0.374 e. The van der Waals surface area contributed by atoms with Gasteiger partial charge in [-0.2, -0.15) is 10.5 Å². The van der Waals surface area contributed by atoms with E-state index in [-0.39, 0.29) is 11.9 Å². The molecule has 0 aliphatic carbocycles. The maximum Gasteiger partial charge on any atom is 0.161 e. The van der Waals surface area contributed by atoms with Crippen LogP contribution in [-0.4, -0.2) is 43.4 Å². The van der Waals surface area contributed by atoms with Gasteiger partial charge in [0.1, 0.15) is 5.82 Å². The first-order valence-electron chi connectivity index (χ1n) is 10.1. The number of rotatable bonds is 9. The highest BCUT2D eigenvalue weighted by Crippen LogP contribution is 2.12. The van der Waals surface area contributed by atoms with Crippen molar-refractivity contribution in [1.29, 1.82) is 10.5 Å². The molecule has 0 bridgehead atoms. The zero-order valence-electron chi connectivity index (χ0n) is 16.8. The van der Waals surface area contributed by atoms with Crippen molar-refractivity contribution in [2.45, 2.75) is 25.4 Å². The van der Waals surface area contributed by atoms with Gasteiger partial charge >= 0.3 is 0 Å². The highest BCUT2D eigenvalue weighted by Gasteiger charge is 2.25. The lowest BCUT2D eigenvalue weighted by atomic mass is 10.1. The molecule has 1 aliphatic heterocycles. The van der Waals surface area contributed by atoms with Gasteiger partial charge in [0.2, 0.25) is 0 Å². The standard InChI is InChI=1S/C23H26FN5O/c24-21-8-6-19(7-9-21)16-29-10-11-30-22(17-29)15-28-23(20(12-25)13-26)27-14-18-4-2-1-3-5-18/h1-9,20,22-23,27-28H,10-11,14-17H2. The lowest BCUT2D eigenvalue weighted by Crippen LogP contribution is -2.52. The summed E-state index contributed by atoms with van der Waals surface area (Å²) in [6, 6.07) is 20.5. The fourth-order valence-corrected chi connectivity index (χ4v) is 3.46. The molecular formula is C23H26FN5O. The summed E-state index contributed by atoms with van der Waals surface area (Å²) < 4.78 is 19.0. The molecule has 30 heavy (non-hydrogen) atoms. The first-order valence-corrected chi connectivity index (χ1v) is 10.1. The molecule has 1 saturated heterocycles. The Morgan fingerprint density at radius 2 is 1.77 bits per heavy atom. The maximum atomic E-state index is 13.1. The van der Waals surface area contributed by atoms with Crippen molar-refractivity contribution in [2.75, 3.05) is 26.2 Å². The van der Waals surface area contributed by atoms with Crippen molar-refractivity contribution in [3.8, 4) is 12.1 Å². The second kappa shape index (κ2) is 11.4. The van der Waals surface area contributed by atoms with Crippen molar-refractivity contribution >= 4 is 0 Å². The Morgan fingerprint density at radius 3 is 2.47 bits per heavy atom. The monoisotopic (exact) mass is 407 g/mol. The van der Waals surface area contributed by atoms with E-state index in [1.165, 1.54) is 12.1 Å². The summed E-state index contributed by atoms with van der Waals surface area (Å²) in [4.78, 5) is 2.27. The molecule has 7 heteroatoms. The van der Waals surface area contributed by atoms with Gasteiger partial charge in [-0.1, -0.05) is 42.5 Å². The van der Waals surface area contributed by atoms with E-state index in [2.05, 4.69) is 27.7 Å². The number of nitrogens with zero attached hydrogens (tertiary/aromatic N) is 3. The number of benzene rings is 2. The molecule has 0 aromatic heterocycles. The highest BCUT2D eigenvalue weighted by molar-refractivity contribution is 5.16. The van der Waals surface area contributed by atoms with Gasteiger partial charge in [0.05, 0.1) is 31.0 Å². The first-order chi connectivity index (χ1) is 14.7. The third-order valence-corrected chi connectivity index (χ3v) is 5.09. The maximum absolute atomic E-state index is 13.1. The van der Waals surface area contributed by atoms with E-state index in [4.69, 9.17) is 4.74 Å². The predicted molar refractivity (Wildman–Crippen MR) is 111 cm³/mol. The van der Waals surface area contributed by atoms with Crippen LogP contribution in [-0.2, 0) is 17.8 Å². The summed E-state index contributed by atoms with van der Waals surface area (Å²) in [5, 5.41) is 25.2. The molecule has 0 radical (unpaired) electrons. The molecule has 0 amide bonds. The summed E-state index contributed by atoms with van der Waals surface area (Å²) in [6.07, 6.45) is -0.519. The Balaban J connectivity index is 1.52. The van der Waals surface area contributed by atoms with E-state index in [0.717, 1.165) is 30.8 Å². The van der Waals surface area contributed by atoms with Crippen LogP contribution in [0.2, 0.25) is 0 Å². The van der Waals surface area contributed by atoms with Crippen LogP contribution >= 0.6 is 0 Å². The van der Waals surface area contributed by atoms with Crippen LogP contribution in [0.1, 0.15) is 11.1 Å². The van der Waals surface area contributed by atoms with Gasteiger partial charge in [-0.3, -0.25) is 15.5 Å². The minimum atomic E-state index is -0.812. The molecule has 0 saturated carbocycles. The van der Waals surface area contributed by atoms with Crippen LogP contribution in [0.3, 0.4) is 0 Å². The first kappa shape index (κ1) is 21.9. The molecule has 156 valence electrons. The molecule has 2 aromatic carbocycles. The number of halogens is 1. The average molecular weight is 407 g/mol. The zero-order valence-corrected chi connectivity index (χ0v) is 16.8. The number of morpholine rings is 1. The van der Waals surface area contributed by atoms with Gasteiger partial charge in [-0.05, 0) is 23.3 Å². The van der Waals surface area contributed by atoms with Gasteiger partial charge in [-0.25, -0.2) is 4.39 Å². The number of ether oxygens (including phenoxy) is 1. The SMILES string of the molecule is N#CC(C#N)C(NCc1ccccc1)NCC1CN(Cc2ccc(F)cc2)CCO1. The van der Waals surface area contributed by atoms with Crippen LogP contribution in [0.25, 0.3) is 0 Å². The van der Waals surface area contributed by atoms with Gasteiger partial charge < -0.3 is 4.74 Å². The van der Waals surface area contributed by atoms with Crippen LogP contribution in [0.15, 0.2) is 54.6 Å². The topological polar surface area (TPSA) is 84.1 Å². The van der Waals surface area contributed by atoms with Gasteiger partial charge in [0.25, 0.3) is 0 Å². The summed E-state index contributed by atoms with van der Waals surface area (Å²) in [5.41, 5.74) is 2.14. The normalized spacial score (nSPS) is 17.9. The summed E-state index contributed by atoms with van der Waals surface area (Å²) in [6.45, 7) is 3.94. The lowest BCUT2D eigenvalue weighted by Gasteiger charge is -2.34.